The van der Waals surface area contributed by atoms with Crippen LogP contribution in [0.25, 0.3) is 0 Å². The normalized spacial score (nSPS) is 11.7. The average molecular weight is 285 g/mol. The van der Waals surface area contributed by atoms with Gasteiger partial charge >= 0.3 is 0 Å². The van der Waals surface area contributed by atoms with Gasteiger partial charge in [0, 0.05) is 12.7 Å². The summed E-state index contributed by atoms with van der Waals surface area (Å²) < 4.78 is 0. The molecular formula is C15H19N5O. The standard InChI is InChI=1S/C15H19N5O/c1-3-9-17-14-8-7-13(19-20-14)15(21)18-11(2)12-6-4-5-10-16-12/h4-8,10-11H,3,9H2,1-2H3,(H,17,20)(H,18,21). The molecular weight excluding hydrogens is 266 g/mol. The van der Waals surface area contributed by atoms with Crippen molar-refractivity contribution in [3.63, 3.8) is 0 Å². The van der Waals surface area contributed by atoms with E-state index in [-0.39, 0.29) is 11.9 Å². The summed E-state index contributed by atoms with van der Waals surface area (Å²) in [4.78, 5) is 16.3. The largest absolute Gasteiger partial charge is 0.369 e. The first-order chi connectivity index (χ1) is 10.2. The minimum absolute atomic E-state index is 0.182. The Labute approximate surface area is 124 Å². The molecule has 2 rings (SSSR count). The lowest BCUT2D eigenvalue weighted by atomic mass is 10.2. The Morgan fingerprint density at radius 1 is 1.24 bits per heavy atom. The number of pyridine rings is 1. The van der Waals surface area contributed by atoms with Crippen molar-refractivity contribution in [2.24, 2.45) is 0 Å². The summed E-state index contributed by atoms with van der Waals surface area (Å²) in [6.07, 6.45) is 2.71. The van der Waals surface area contributed by atoms with Crippen molar-refractivity contribution in [3.8, 4) is 0 Å². The average Bonchev–Trinajstić information content (AvgIpc) is 2.54. The molecule has 1 amide bonds. The van der Waals surface area contributed by atoms with Gasteiger partial charge in [0.25, 0.3) is 5.91 Å². The summed E-state index contributed by atoms with van der Waals surface area (Å²) >= 11 is 0. The Balaban J connectivity index is 1.97. The summed E-state index contributed by atoms with van der Waals surface area (Å²) in [5, 5.41) is 13.9. The Bertz CT molecular complexity index is 570. The lowest BCUT2D eigenvalue weighted by molar-refractivity contribution is 0.0933. The molecule has 0 fully saturated rings. The number of rotatable bonds is 6. The molecule has 2 N–H and O–H groups in total. The van der Waals surface area contributed by atoms with Crippen molar-refractivity contribution in [2.45, 2.75) is 26.3 Å². The monoisotopic (exact) mass is 285 g/mol. The number of hydrogen-bond donors (Lipinski definition) is 2. The second kappa shape index (κ2) is 7.33. The molecule has 0 aliphatic carbocycles. The molecule has 0 spiro atoms. The van der Waals surface area contributed by atoms with Gasteiger partial charge in [0.05, 0.1) is 11.7 Å². The second-order valence-corrected chi connectivity index (χ2v) is 4.68. The summed E-state index contributed by atoms with van der Waals surface area (Å²) in [5.74, 6) is 0.411. The highest BCUT2D eigenvalue weighted by Crippen LogP contribution is 2.09. The summed E-state index contributed by atoms with van der Waals surface area (Å²) in [6, 6.07) is 8.83. The maximum atomic E-state index is 12.1. The van der Waals surface area contributed by atoms with Gasteiger partial charge in [-0.1, -0.05) is 13.0 Å². The highest BCUT2D eigenvalue weighted by molar-refractivity contribution is 5.92. The van der Waals surface area contributed by atoms with Gasteiger partial charge in [-0.25, -0.2) is 0 Å². The van der Waals surface area contributed by atoms with E-state index in [1.165, 1.54) is 0 Å². The SMILES string of the molecule is CCCNc1ccc(C(=O)NC(C)c2ccccn2)nn1. The van der Waals surface area contributed by atoms with E-state index in [2.05, 4.69) is 32.7 Å². The van der Waals surface area contributed by atoms with E-state index in [1.54, 1.807) is 18.3 Å². The van der Waals surface area contributed by atoms with Gasteiger partial charge in [0.15, 0.2) is 5.69 Å². The quantitative estimate of drug-likeness (QED) is 0.850. The van der Waals surface area contributed by atoms with Gasteiger partial charge in [-0.2, -0.15) is 0 Å². The number of anilines is 1. The molecule has 2 aromatic rings. The lowest BCUT2D eigenvalue weighted by Gasteiger charge is -2.12. The van der Waals surface area contributed by atoms with Crippen LogP contribution < -0.4 is 10.6 Å². The lowest BCUT2D eigenvalue weighted by Crippen LogP contribution is -2.28. The molecule has 21 heavy (non-hydrogen) atoms. The van der Waals surface area contributed by atoms with Crippen LogP contribution in [0.1, 0.15) is 42.5 Å². The topological polar surface area (TPSA) is 79.8 Å². The Morgan fingerprint density at radius 3 is 2.71 bits per heavy atom. The molecule has 2 aromatic heterocycles. The van der Waals surface area contributed by atoms with Crippen LogP contribution in [-0.4, -0.2) is 27.6 Å². The van der Waals surface area contributed by atoms with Gasteiger partial charge in [-0.3, -0.25) is 9.78 Å². The van der Waals surface area contributed by atoms with E-state index in [4.69, 9.17) is 0 Å². The number of nitrogens with zero attached hydrogens (tertiary/aromatic N) is 3. The maximum absolute atomic E-state index is 12.1. The van der Waals surface area contributed by atoms with E-state index in [0.717, 1.165) is 18.7 Å². The minimum Gasteiger partial charge on any atom is -0.369 e. The zero-order valence-corrected chi connectivity index (χ0v) is 12.2. The molecule has 0 radical (unpaired) electrons. The first-order valence-corrected chi connectivity index (χ1v) is 7.00. The Morgan fingerprint density at radius 2 is 2.10 bits per heavy atom. The van der Waals surface area contributed by atoms with Crippen molar-refractivity contribution < 1.29 is 4.79 Å². The third-order valence-electron chi connectivity index (χ3n) is 2.93. The molecule has 0 aliphatic heterocycles. The van der Waals surface area contributed by atoms with Crippen molar-refractivity contribution in [2.75, 3.05) is 11.9 Å². The van der Waals surface area contributed by atoms with Crippen LogP contribution in [0, 0.1) is 0 Å². The van der Waals surface area contributed by atoms with Crippen LogP contribution in [-0.2, 0) is 0 Å². The predicted octanol–water partition coefficient (Wildman–Crippen LogP) is 2.18. The van der Waals surface area contributed by atoms with Gasteiger partial charge in [-0.05, 0) is 37.6 Å². The van der Waals surface area contributed by atoms with Gasteiger partial charge in [0.1, 0.15) is 5.82 Å². The molecule has 6 heteroatoms. The van der Waals surface area contributed by atoms with Crippen LogP contribution >= 0.6 is 0 Å². The maximum Gasteiger partial charge on any atom is 0.272 e. The highest BCUT2D eigenvalue weighted by Gasteiger charge is 2.13. The first kappa shape index (κ1) is 14.9. The fraction of sp³-hybridized carbons (Fsp3) is 0.333. The molecule has 6 nitrogen and oxygen atoms in total. The van der Waals surface area contributed by atoms with E-state index in [9.17, 15) is 4.79 Å². The van der Waals surface area contributed by atoms with E-state index in [0.29, 0.717) is 11.5 Å². The minimum atomic E-state index is -0.261. The van der Waals surface area contributed by atoms with Gasteiger partial charge in [-0.15, -0.1) is 10.2 Å². The van der Waals surface area contributed by atoms with Crippen LogP contribution in [0.2, 0.25) is 0 Å². The molecule has 2 heterocycles. The van der Waals surface area contributed by atoms with Crippen LogP contribution in [0.5, 0.6) is 0 Å². The van der Waals surface area contributed by atoms with Crippen LogP contribution in [0.4, 0.5) is 5.82 Å². The van der Waals surface area contributed by atoms with E-state index >= 15 is 0 Å². The highest BCUT2D eigenvalue weighted by atomic mass is 16.2. The molecule has 0 bridgehead atoms. The van der Waals surface area contributed by atoms with Crippen molar-refractivity contribution in [3.05, 3.63) is 47.9 Å². The third kappa shape index (κ3) is 4.24. The number of carbonyl (C=O) groups is 1. The molecule has 0 saturated carbocycles. The smallest absolute Gasteiger partial charge is 0.272 e. The number of amides is 1. The van der Waals surface area contributed by atoms with Gasteiger partial charge in [0.2, 0.25) is 0 Å². The zero-order chi connectivity index (χ0) is 15.1. The molecule has 0 saturated heterocycles. The molecule has 0 aliphatic rings. The summed E-state index contributed by atoms with van der Waals surface area (Å²) in [7, 11) is 0. The molecule has 1 atom stereocenters. The van der Waals surface area contributed by atoms with Crippen LogP contribution in [0.3, 0.4) is 0 Å². The fourth-order valence-electron chi connectivity index (χ4n) is 1.78. The van der Waals surface area contributed by atoms with E-state index < -0.39 is 0 Å². The van der Waals surface area contributed by atoms with Crippen molar-refractivity contribution >= 4 is 11.7 Å². The van der Waals surface area contributed by atoms with Crippen LogP contribution in [0.15, 0.2) is 36.5 Å². The number of nitrogens with one attached hydrogen (secondary N) is 2. The molecule has 0 aromatic carbocycles. The number of aromatic nitrogens is 3. The predicted molar refractivity (Wildman–Crippen MR) is 80.9 cm³/mol. The number of hydrogen-bond acceptors (Lipinski definition) is 5. The van der Waals surface area contributed by atoms with E-state index in [1.807, 2.05) is 25.1 Å². The Kier molecular flexibility index (Phi) is 5.20. The summed E-state index contributed by atoms with van der Waals surface area (Å²) in [6.45, 7) is 4.78. The molecule has 1 unspecified atom stereocenters. The summed E-state index contributed by atoms with van der Waals surface area (Å²) in [5.41, 5.74) is 1.10. The first-order valence-electron chi connectivity index (χ1n) is 7.00. The third-order valence-corrected chi connectivity index (χ3v) is 2.93. The number of carbonyl (C=O) groups excluding carboxylic acids is 1. The van der Waals surface area contributed by atoms with Crippen molar-refractivity contribution in [1.29, 1.82) is 0 Å². The second-order valence-electron chi connectivity index (χ2n) is 4.68. The molecule has 110 valence electrons. The van der Waals surface area contributed by atoms with Gasteiger partial charge < -0.3 is 10.6 Å². The fourth-order valence-corrected chi connectivity index (χ4v) is 1.78. The Hall–Kier alpha value is -2.50. The van der Waals surface area contributed by atoms with Crippen molar-refractivity contribution in [1.82, 2.24) is 20.5 Å². The zero-order valence-electron chi connectivity index (χ0n) is 12.2.